The summed E-state index contributed by atoms with van der Waals surface area (Å²) in [6.45, 7) is 1.05. The first kappa shape index (κ1) is 22.2. The summed E-state index contributed by atoms with van der Waals surface area (Å²) in [5.74, 6) is -1.58. The molecule has 0 aliphatic carbocycles. The second-order valence-electron chi connectivity index (χ2n) is 7.62. The average Bonchev–Trinajstić information content (AvgIpc) is 3.39. The highest BCUT2D eigenvalue weighted by Crippen LogP contribution is 2.27. The minimum atomic E-state index is -3.38. The maximum absolute atomic E-state index is 12.8. The van der Waals surface area contributed by atoms with Gasteiger partial charge in [0.2, 0.25) is 15.9 Å². The van der Waals surface area contributed by atoms with E-state index >= 15 is 0 Å². The third-order valence-electron chi connectivity index (χ3n) is 5.44. The number of sulfonamides is 1. The Morgan fingerprint density at radius 3 is 2.70 bits per heavy atom. The molecule has 12 heteroatoms. The Balaban J connectivity index is 1.68. The second kappa shape index (κ2) is 8.74. The van der Waals surface area contributed by atoms with Gasteiger partial charge < -0.3 is 25.1 Å². The zero-order valence-electron chi connectivity index (χ0n) is 16.8. The number of primary amides is 1. The summed E-state index contributed by atoms with van der Waals surface area (Å²) in [4.78, 5) is 38.1. The molecule has 30 heavy (non-hydrogen) atoms. The largest absolute Gasteiger partial charge is 0.458 e. The lowest BCUT2D eigenvalue weighted by Gasteiger charge is -2.31. The van der Waals surface area contributed by atoms with E-state index in [0.717, 1.165) is 0 Å². The van der Waals surface area contributed by atoms with Crippen LogP contribution in [0.25, 0.3) is 0 Å². The van der Waals surface area contributed by atoms with E-state index in [-0.39, 0.29) is 36.1 Å². The number of methoxy groups -OCH3 is 1. The number of hydrogen-bond donors (Lipinski definition) is 2. The van der Waals surface area contributed by atoms with Gasteiger partial charge in [-0.15, -0.1) is 0 Å². The molecule has 1 aromatic rings. The molecule has 2 aliphatic heterocycles. The number of likely N-dealkylation sites (tertiary alicyclic amines) is 1. The summed E-state index contributed by atoms with van der Waals surface area (Å²) in [6, 6.07) is 1.29. The van der Waals surface area contributed by atoms with E-state index in [0.29, 0.717) is 39.0 Å². The molecule has 0 bridgehead atoms. The minimum absolute atomic E-state index is 0.0510. The van der Waals surface area contributed by atoms with Crippen LogP contribution in [0.1, 0.15) is 40.2 Å². The number of hydrogen-bond acceptors (Lipinski definition) is 7. The number of nitrogens with two attached hydrogens (primary N) is 1. The van der Waals surface area contributed by atoms with Crippen molar-refractivity contribution in [2.45, 2.75) is 24.8 Å². The molecule has 0 spiro atoms. The zero-order chi connectivity index (χ0) is 21.9. The molecule has 2 aliphatic rings. The SMILES string of the molecule is COCCC1(NC(=O)CN2CCCS2(=O)=O)CCN(C(=O)c2coc(C(N)=O)c2)C1. The predicted molar refractivity (Wildman–Crippen MR) is 105 cm³/mol. The van der Waals surface area contributed by atoms with E-state index in [1.54, 1.807) is 12.0 Å². The molecule has 1 aromatic heterocycles. The van der Waals surface area contributed by atoms with Crippen LogP contribution >= 0.6 is 0 Å². The third-order valence-corrected chi connectivity index (χ3v) is 7.35. The minimum Gasteiger partial charge on any atom is -0.458 e. The van der Waals surface area contributed by atoms with Crippen molar-refractivity contribution in [1.82, 2.24) is 14.5 Å². The van der Waals surface area contributed by atoms with Crippen molar-refractivity contribution in [2.75, 3.05) is 45.6 Å². The van der Waals surface area contributed by atoms with Crippen molar-refractivity contribution in [1.29, 1.82) is 0 Å². The number of nitrogens with zero attached hydrogens (tertiary/aromatic N) is 2. The first-order chi connectivity index (χ1) is 14.2. The van der Waals surface area contributed by atoms with Crippen molar-refractivity contribution >= 4 is 27.7 Å². The third kappa shape index (κ3) is 4.82. The zero-order valence-corrected chi connectivity index (χ0v) is 17.6. The van der Waals surface area contributed by atoms with Crippen LogP contribution in [0.3, 0.4) is 0 Å². The number of furan rings is 1. The number of amides is 3. The van der Waals surface area contributed by atoms with Crippen molar-refractivity contribution in [3.63, 3.8) is 0 Å². The van der Waals surface area contributed by atoms with Gasteiger partial charge in [0.1, 0.15) is 6.26 Å². The Morgan fingerprint density at radius 2 is 2.10 bits per heavy atom. The van der Waals surface area contributed by atoms with E-state index in [1.165, 1.54) is 16.6 Å². The number of rotatable bonds is 8. The summed E-state index contributed by atoms with van der Waals surface area (Å²) >= 11 is 0. The van der Waals surface area contributed by atoms with E-state index in [2.05, 4.69) is 5.32 Å². The molecule has 1 atom stereocenters. The normalized spacial score (nSPS) is 23.6. The smallest absolute Gasteiger partial charge is 0.284 e. The van der Waals surface area contributed by atoms with Gasteiger partial charge in [-0.25, -0.2) is 8.42 Å². The van der Waals surface area contributed by atoms with Crippen LogP contribution in [0.4, 0.5) is 0 Å². The van der Waals surface area contributed by atoms with E-state index in [4.69, 9.17) is 14.9 Å². The fraction of sp³-hybridized carbons (Fsp3) is 0.611. The lowest BCUT2D eigenvalue weighted by Crippen LogP contribution is -2.54. The van der Waals surface area contributed by atoms with Crippen LogP contribution < -0.4 is 11.1 Å². The van der Waals surface area contributed by atoms with Gasteiger partial charge in [-0.1, -0.05) is 0 Å². The molecule has 3 rings (SSSR count). The number of carbonyl (C=O) groups excluding carboxylic acids is 3. The summed E-state index contributed by atoms with van der Waals surface area (Å²) < 4.78 is 35.3. The lowest BCUT2D eigenvalue weighted by molar-refractivity contribution is -0.123. The first-order valence-electron chi connectivity index (χ1n) is 9.61. The van der Waals surface area contributed by atoms with E-state index < -0.39 is 27.4 Å². The molecule has 2 fully saturated rings. The molecule has 2 saturated heterocycles. The quantitative estimate of drug-likeness (QED) is 0.532. The van der Waals surface area contributed by atoms with Gasteiger partial charge in [0.05, 0.1) is 23.4 Å². The molecule has 3 N–H and O–H groups in total. The standard InChI is InChI=1S/C18H26N4O7S/c1-28-7-4-18(20-15(23)10-22-5-2-8-30(22,26)27)3-6-21(12-18)17(25)13-9-14(16(19)24)29-11-13/h9,11H,2-8,10,12H2,1H3,(H2,19,24)(H,20,23). The molecule has 0 radical (unpaired) electrons. The molecule has 3 amide bonds. The molecular weight excluding hydrogens is 416 g/mol. The van der Waals surface area contributed by atoms with Gasteiger partial charge in [0.15, 0.2) is 5.76 Å². The maximum Gasteiger partial charge on any atom is 0.284 e. The maximum atomic E-state index is 12.8. The lowest BCUT2D eigenvalue weighted by atomic mass is 9.94. The van der Waals surface area contributed by atoms with Crippen LogP contribution in [-0.2, 0) is 19.6 Å². The van der Waals surface area contributed by atoms with Crippen molar-refractivity contribution in [2.24, 2.45) is 5.73 Å². The van der Waals surface area contributed by atoms with E-state index in [1.807, 2.05) is 0 Å². The number of ether oxygens (including phenoxy) is 1. The van der Waals surface area contributed by atoms with Gasteiger partial charge in [0, 0.05) is 39.4 Å². The highest BCUT2D eigenvalue weighted by molar-refractivity contribution is 7.89. The topological polar surface area (TPSA) is 152 Å². The monoisotopic (exact) mass is 442 g/mol. The fourth-order valence-corrected chi connectivity index (χ4v) is 5.31. The van der Waals surface area contributed by atoms with Gasteiger partial charge >= 0.3 is 0 Å². The van der Waals surface area contributed by atoms with Crippen LogP contribution in [-0.4, -0.2) is 86.5 Å². The summed E-state index contributed by atoms with van der Waals surface area (Å²) in [7, 11) is -1.84. The van der Waals surface area contributed by atoms with Crippen molar-refractivity contribution < 1.29 is 32.0 Å². The Labute approximate surface area is 174 Å². The van der Waals surface area contributed by atoms with Crippen molar-refractivity contribution in [3.8, 4) is 0 Å². The highest BCUT2D eigenvalue weighted by Gasteiger charge is 2.42. The first-order valence-corrected chi connectivity index (χ1v) is 11.2. The second-order valence-corrected chi connectivity index (χ2v) is 9.70. The Hall–Kier alpha value is -2.44. The average molecular weight is 442 g/mol. The van der Waals surface area contributed by atoms with Gasteiger partial charge in [0.25, 0.3) is 11.8 Å². The van der Waals surface area contributed by atoms with Crippen molar-refractivity contribution in [3.05, 3.63) is 23.7 Å². The molecule has 11 nitrogen and oxygen atoms in total. The summed E-state index contributed by atoms with van der Waals surface area (Å²) in [6.07, 6.45) is 2.63. The molecule has 3 heterocycles. The molecule has 1 unspecified atom stereocenters. The van der Waals surface area contributed by atoms with Gasteiger partial charge in [-0.05, 0) is 19.3 Å². The molecule has 0 aromatic carbocycles. The summed E-state index contributed by atoms with van der Waals surface area (Å²) in [5.41, 5.74) is 4.62. The Morgan fingerprint density at radius 1 is 1.33 bits per heavy atom. The summed E-state index contributed by atoms with van der Waals surface area (Å²) in [5, 5.41) is 2.94. The fourth-order valence-electron chi connectivity index (χ4n) is 3.84. The van der Waals surface area contributed by atoms with Crippen LogP contribution in [0.5, 0.6) is 0 Å². The number of nitrogens with one attached hydrogen (secondary N) is 1. The highest BCUT2D eigenvalue weighted by atomic mass is 32.2. The Bertz CT molecular complexity index is 929. The Kier molecular flexibility index (Phi) is 6.48. The molecular formula is C18H26N4O7S. The van der Waals surface area contributed by atoms with Crippen LogP contribution in [0, 0.1) is 0 Å². The predicted octanol–water partition coefficient (Wildman–Crippen LogP) is -0.849. The van der Waals surface area contributed by atoms with Gasteiger partial charge in [-0.3, -0.25) is 14.4 Å². The van der Waals surface area contributed by atoms with Crippen LogP contribution in [0.2, 0.25) is 0 Å². The molecule has 166 valence electrons. The van der Waals surface area contributed by atoms with Gasteiger partial charge in [-0.2, -0.15) is 4.31 Å². The molecule has 0 saturated carbocycles. The number of carbonyl (C=O) groups is 3. The van der Waals surface area contributed by atoms with Crippen LogP contribution in [0.15, 0.2) is 16.7 Å². The van der Waals surface area contributed by atoms with E-state index in [9.17, 15) is 22.8 Å².